The standard InChI is InChI=1S/C12H11P.CCl2O.2ClH.Ru/c1-3-7-11(8-4-1)13-12-9-5-2-6-10-12;2-1(3)4;;;/h1-10,13H;;2*1H;/q;;;;+2/p-2. The molecule has 2 aromatic rings. The predicted octanol–water partition coefficient (Wildman–Crippen LogP) is -2.09. The number of carbonyl (C=O) groups is 1. The van der Waals surface area contributed by atoms with Gasteiger partial charge in [-0.15, -0.1) is 0 Å². The van der Waals surface area contributed by atoms with Crippen molar-refractivity contribution in [3.05, 3.63) is 60.7 Å². The zero-order valence-electron chi connectivity index (χ0n) is 10.0. The normalized spacial score (nSPS) is 7.70. The first-order chi connectivity index (χ1) is 8.18. The van der Waals surface area contributed by atoms with Crippen molar-refractivity contribution in [1.82, 2.24) is 0 Å². The fourth-order valence-electron chi connectivity index (χ4n) is 1.21. The van der Waals surface area contributed by atoms with E-state index in [0.717, 1.165) is 8.58 Å². The maximum absolute atomic E-state index is 8.98. The van der Waals surface area contributed by atoms with Crippen LogP contribution in [0.2, 0.25) is 0 Å². The van der Waals surface area contributed by atoms with Crippen molar-refractivity contribution in [3.8, 4) is 0 Å². The van der Waals surface area contributed by atoms with Gasteiger partial charge in [-0.25, -0.2) is 0 Å². The van der Waals surface area contributed by atoms with Crippen LogP contribution in [0.5, 0.6) is 0 Å². The Morgan fingerprint density at radius 2 is 1.00 bits per heavy atom. The smallest absolute Gasteiger partial charge is 1.00 e. The Morgan fingerprint density at radius 1 is 0.750 bits per heavy atom. The SMILES string of the molecule is O=C(Cl)Cl.[Cl-].[Cl-].[Ru+2].c1ccc(Pc2ccccc2)cc1. The molecule has 7 heteroatoms. The van der Waals surface area contributed by atoms with Crippen LogP contribution >= 0.6 is 31.8 Å². The summed E-state index contributed by atoms with van der Waals surface area (Å²) in [5, 5.41) is 2.79. The van der Waals surface area contributed by atoms with Crippen LogP contribution in [0.25, 0.3) is 0 Å². The summed E-state index contributed by atoms with van der Waals surface area (Å²) < 4.78 is -0.889. The van der Waals surface area contributed by atoms with Crippen molar-refractivity contribution in [2.24, 2.45) is 0 Å². The van der Waals surface area contributed by atoms with Crippen molar-refractivity contribution >= 4 is 47.1 Å². The summed E-state index contributed by atoms with van der Waals surface area (Å²) in [6.45, 7) is 0. The van der Waals surface area contributed by atoms with Gasteiger partial charge in [0.1, 0.15) is 0 Å². The molecule has 0 aliphatic rings. The van der Waals surface area contributed by atoms with Crippen molar-refractivity contribution < 1.29 is 49.1 Å². The van der Waals surface area contributed by atoms with Crippen molar-refractivity contribution in [1.29, 1.82) is 0 Å². The summed E-state index contributed by atoms with van der Waals surface area (Å²) in [6.07, 6.45) is 0. The van der Waals surface area contributed by atoms with Gasteiger partial charge in [-0.3, -0.25) is 4.79 Å². The molecule has 0 aromatic heterocycles. The second-order valence-electron chi connectivity index (χ2n) is 3.08. The summed E-state index contributed by atoms with van der Waals surface area (Å²) in [5.74, 6) is 0. The van der Waals surface area contributed by atoms with Gasteiger partial charge in [0, 0.05) is 0 Å². The fraction of sp³-hybridized carbons (Fsp3) is 0. The molecule has 0 unspecified atom stereocenters. The molecule has 0 amide bonds. The number of hydrogen-bond acceptors (Lipinski definition) is 1. The average molecular weight is 457 g/mol. The van der Waals surface area contributed by atoms with Gasteiger partial charge in [0.15, 0.2) is 0 Å². The Hall–Kier alpha value is 0.323. The monoisotopic (exact) mass is 456 g/mol. The summed E-state index contributed by atoms with van der Waals surface area (Å²) >= 11 is 8.80. The Morgan fingerprint density at radius 3 is 1.25 bits per heavy atom. The first kappa shape index (κ1) is 25.3. The van der Waals surface area contributed by atoms with E-state index >= 15 is 0 Å². The largest absolute Gasteiger partial charge is 2.00 e. The van der Waals surface area contributed by atoms with Gasteiger partial charge in [0.25, 0.3) is 0 Å². The van der Waals surface area contributed by atoms with Gasteiger partial charge in [-0.2, -0.15) is 0 Å². The van der Waals surface area contributed by atoms with E-state index in [1.165, 1.54) is 10.6 Å². The van der Waals surface area contributed by atoms with Gasteiger partial charge in [0.05, 0.1) is 0 Å². The topological polar surface area (TPSA) is 17.1 Å². The number of carbonyl (C=O) groups excluding carboxylic acids is 1. The molecule has 20 heavy (non-hydrogen) atoms. The van der Waals surface area contributed by atoms with Crippen molar-refractivity contribution in [2.75, 3.05) is 0 Å². The summed E-state index contributed by atoms with van der Waals surface area (Å²) in [7, 11) is 0.777. The van der Waals surface area contributed by atoms with Crippen LogP contribution in [0.3, 0.4) is 0 Å². The second-order valence-corrected chi connectivity index (χ2v) is 5.37. The van der Waals surface area contributed by atoms with Crippen molar-refractivity contribution in [3.63, 3.8) is 0 Å². The van der Waals surface area contributed by atoms with Gasteiger partial charge in [-0.1, -0.05) is 69.2 Å². The molecule has 0 saturated carbocycles. The molecule has 0 spiro atoms. The summed E-state index contributed by atoms with van der Waals surface area (Å²) in [6, 6.07) is 21.2. The van der Waals surface area contributed by atoms with Crippen LogP contribution in [0, 0.1) is 0 Å². The average Bonchev–Trinajstić information content (AvgIpc) is 2.31. The van der Waals surface area contributed by atoms with Gasteiger partial charge in [0.2, 0.25) is 0 Å². The zero-order chi connectivity index (χ0) is 12.5. The van der Waals surface area contributed by atoms with Gasteiger partial charge >= 0.3 is 24.2 Å². The van der Waals surface area contributed by atoms with E-state index in [-0.39, 0.29) is 44.3 Å². The molecule has 0 aliphatic heterocycles. The Balaban J connectivity index is -0.000000372. The van der Waals surface area contributed by atoms with E-state index in [0.29, 0.717) is 0 Å². The molecule has 2 aromatic carbocycles. The van der Waals surface area contributed by atoms with Crippen molar-refractivity contribution in [2.45, 2.75) is 0 Å². The van der Waals surface area contributed by atoms with Gasteiger partial charge in [-0.05, 0) is 33.8 Å². The molecule has 2 rings (SSSR count). The van der Waals surface area contributed by atoms with Gasteiger partial charge < -0.3 is 24.8 Å². The van der Waals surface area contributed by atoms with Crippen LogP contribution in [0.1, 0.15) is 0 Å². The minimum atomic E-state index is -0.889. The van der Waals surface area contributed by atoms with Crippen LogP contribution in [0.15, 0.2) is 60.7 Å². The molecule has 0 N–H and O–H groups in total. The molecular formula is C13H11Cl4OPRu. The zero-order valence-corrected chi connectivity index (χ0v) is 15.8. The molecular weight excluding hydrogens is 446 g/mol. The number of hydrogen-bond donors (Lipinski definition) is 0. The number of benzene rings is 2. The van der Waals surface area contributed by atoms with E-state index in [1.807, 2.05) is 0 Å². The first-order valence-electron chi connectivity index (χ1n) is 4.90. The molecule has 0 saturated heterocycles. The third kappa shape index (κ3) is 13.3. The summed E-state index contributed by atoms with van der Waals surface area (Å²) in [5.41, 5.74) is 0. The maximum atomic E-state index is 8.98. The Kier molecular flexibility index (Phi) is 19.9. The Labute approximate surface area is 156 Å². The van der Waals surface area contributed by atoms with E-state index in [4.69, 9.17) is 4.79 Å². The molecule has 1 nitrogen and oxygen atoms in total. The first-order valence-corrected chi connectivity index (χ1v) is 6.66. The van der Waals surface area contributed by atoms with Crippen LogP contribution in [-0.4, -0.2) is 4.70 Å². The quantitative estimate of drug-likeness (QED) is 0.288. The minimum Gasteiger partial charge on any atom is -1.00 e. The fourth-order valence-corrected chi connectivity index (χ4v) is 2.26. The molecule has 110 valence electrons. The molecule has 0 heterocycles. The number of halogens is 4. The third-order valence-corrected chi connectivity index (χ3v) is 3.08. The van der Waals surface area contributed by atoms with E-state index in [9.17, 15) is 0 Å². The number of rotatable bonds is 2. The van der Waals surface area contributed by atoms with Crippen LogP contribution in [0.4, 0.5) is 4.79 Å². The second kappa shape index (κ2) is 15.7. The predicted molar refractivity (Wildman–Crippen MR) is 77.6 cm³/mol. The molecule has 0 radical (unpaired) electrons. The van der Waals surface area contributed by atoms with Crippen LogP contribution < -0.4 is 35.4 Å². The molecule has 0 bridgehead atoms. The summed E-state index contributed by atoms with van der Waals surface area (Å²) in [4.78, 5) is 8.98. The third-order valence-electron chi connectivity index (χ3n) is 1.84. The molecule has 0 fully saturated rings. The van der Waals surface area contributed by atoms with E-state index in [2.05, 4.69) is 83.9 Å². The molecule has 0 atom stereocenters. The van der Waals surface area contributed by atoms with E-state index < -0.39 is 4.70 Å². The minimum absolute atomic E-state index is 0. The maximum Gasteiger partial charge on any atom is 2.00 e. The van der Waals surface area contributed by atoms with E-state index in [1.54, 1.807) is 0 Å². The van der Waals surface area contributed by atoms with Crippen LogP contribution in [-0.2, 0) is 19.5 Å². The molecule has 0 aliphatic carbocycles. The Bertz CT molecular complexity index is 415.